The van der Waals surface area contributed by atoms with E-state index < -0.39 is 23.9 Å². The molecule has 0 rings (SSSR count). The van der Waals surface area contributed by atoms with Crippen LogP contribution in [-0.4, -0.2) is 47.2 Å². The molecule has 0 aromatic carbocycles. The smallest absolute Gasteiger partial charge is 0.240 e. The number of amides is 4. The summed E-state index contributed by atoms with van der Waals surface area (Å²) < 4.78 is 0. The lowest BCUT2D eigenvalue weighted by atomic mass is 10.1. The third-order valence-electron chi connectivity index (χ3n) is 4.92. The van der Waals surface area contributed by atoms with Crippen molar-refractivity contribution in [1.82, 2.24) is 10.6 Å². The maximum Gasteiger partial charge on any atom is 0.240 e. The second kappa shape index (κ2) is 20.2. The Kier molecular flexibility index (Phi) is 19.3. The molecule has 6 N–H and O–H groups in total. The van der Waals surface area contributed by atoms with E-state index in [9.17, 15) is 19.2 Å². The van der Waals surface area contributed by atoms with Crippen molar-refractivity contribution in [3.05, 3.63) is 0 Å². The topological polar surface area (TPSA) is 144 Å². The van der Waals surface area contributed by atoms with Crippen LogP contribution in [0.5, 0.6) is 0 Å². The van der Waals surface area contributed by atoms with Crippen LogP contribution in [0.2, 0.25) is 0 Å². The molecule has 0 saturated heterocycles. The van der Waals surface area contributed by atoms with Gasteiger partial charge in [-0.05, 0) is 12.8 Å². The zero-order chi connectivity index (χ0) is 24.2. The molecule has 8 nitrogen and oxygen atoms in total. The summed E-state index contributed by atoms with van der Waals surface area (Å²) in [6.07, 6.45) is 11.1. The van der Waals surface area contributed by atoms with Gasteiger partial charge in [-0.1, -0.05) is 86.8 Å². The molecule has 2 atom stereocenters. The lowest BCUT2D eigenvalue weighted by Gasteiger charge is -2.17. The minimum atomic E-state index is -0.777. The monoisotopic (exact) mass is 490 g/mol. The van der Waals surface area contributed by atoms with E-state index in [1.165, 1.54) is 21.6 Å². The standard InChI is InChI=1S/C22H42N4O4S2/c1-3-5-7-9-11-13-19(27)25-17(21(23)29)15-31-32-16-18(22(24)30)26-20(28)14-12-10-8-6-4-2/h17-18H,3-16H2,1-2H3,(H2,23,29)(H2,24,30)(H,25,27)(H,26,28)/t17-,18-/m0/s1. The van der Waals surface area contributed by atoms with Crippen molar-refractivity contribution >= 4 is 45.2 Å². The second-order valence-corrected chi connectivity index (χ2v) is 10.5. The van der Waals surface area contributed by atoms with Gasteiger partial charge in [0, 0.05) is 24.3 Å². The maximum atomic E-state index is 12.0. The molecule has 0 spiro atoms. The summed E-state index contributed by atoms with van der Waals surface area (Å²) in [6, 6.07) is -1.55. The highest BCUT2D eigenvalue weighted by molar-refractivity contribution is 8.76. The van der Waals surface area contributed by atoms with E-state index in [1.54, 1.807) is 0 Å². The molecular formula is C22H42N4O4S2. The molecule has 0 unspecified atom stereocenters. The molecule has 0 fully saturated rings. The van der Waals surface area contributed by atoms with Crippen molar-refractivity contribution in [3.8, 4) is 0 Å². The van der Waals surface area contributed by atoms with Gasteiger partial charge < -0.3 is 22.1 Å². The van der Waals surface area contributed by atoms with Gasteiger partial charge in [0.15, 0.2) is 0 Å². The van der Waals surface area contributed by atoms with Gasteiger partial charge in [0.25, 0.3) is 0 Å². The predicted molar refractivity (Wildman–Crippen MR) is 134 cm³/mol. The fraction of sp³-hybridized carbons (Fsp3) is 0.818. The Balaban J connectivity index is 4.22. The normalized spacial score (nSPS) is 12.7. The van der Waals surface area contributed by atoms with Crippen LogP contribution in [0.25, 0.3) is 0 Å². The van der Waals surface area contributed by atoms with Crippen molar-refractivity contribution in [2.75, 3.05) is 11.5 Å². The van der Waals surface area contributed by atoms with Crippen molar-refractivity contribution in [3.63, 3.8) is 0 Å². The molecular weight excluding hydrogens is 448 g/mol. The molecule has 0 aromatic rings. The van der Waals surface area contributed by atoms with Crippen molar-refractivity contribution in [1.29, 1.82) is 0 Å². The lowest BCUT2D eigenvalue weighted by molar-refractivity contribution is -0.126. The number of hydrogen-bond acceptors (Lipinski definition) is 6. The highest BCUT2D eigenvalue weighted by Gasteiger charge is 2.21. The lowest BCUT2D eigenvalue weighted by Crippen LogP contribution is -2.46. The van der Waals surface area contributed by atoms with Gasteiger partial charge in [0.2, 0.25) is 23.6 Å². The average molecular weight is 491 g/mol. The fourth-order valence-corrected chi connectivity index (χ4v) is 5.29. The Morgan fingerprint density at radius 1 is 0.625 bits per heavy atom. The zero-order valence-electron chi connectivity index (χ0n) is 19.7. The quantitative estimate of drug-likeness (QED) is 0.144. The Labute approximate surface area is 200 Å². The van der Waals surface area contributed by atoms with E-state index >= 15 is 0 Å². The number of carbonyl (C=O) groups excluding carboxylic acids is 4. The number of rotatable bonds is 21. The highest BCUT2D eigenvalue weighted by atomic mass is 33.1. The van der Waals surface area contributed by atoms with Crippen LogP contribution in [0.1, 0.15) is 90.9 Å². The number of primary amides is 2. The van der Waals surface area contributed by atoms with E-state index in [0.717, 1.165) is 64.2 Å². The van der Waals surface area contributed by atoms with Crippen molar-refractivity contribution < 1.29 is 19.2 Å². The maximum absolute atomic E-state index is 12.0. The second-order valence-electron chi connectivity index (χ2n) is 7.94. The first-order valence-electron chi connectivity index (χ1n) is 11.7. The minimum Gasteiger partial charge on any atom is -0.368 e. The molecule has 0 bridgehead atoms. The summed E-state index contributed by atoms with van der Waals surface area (Å²) in [5.74, 6) is -1.01. The van der Waals surface area contributed by atoms with Crippen molar-refractivity contribution in [2.45, 2.75) is 103 Å². The molecule has 4 amide bonds. The van der Waals surface area contributed by atoms with Gasteiger partial charge in [0.1, 0.15) is 12.1 Å². The van der Waals surface area contributed by atoms with Gasteiger partial charge in [-0.15, -0.1) is 0 Å². The Morgan fingerprint density at radius 2 is 0.969 bits per heavy atom. The van der Waals surface area contributed by atoms with Gasteiger partial charge in [-0.25, -0.2) is 0 Å². The summed E-state index contributed by atoms with van der Waals surface area (Å²) in [6.45, 7) is 4.27. The number of unbranched alkanes of at least 4 members (excludes halogenated alkanes) is 8. The first-order valence-corrected chi connectivity index (χ1v) is 14.2. The van der Waals surface area contributed by atoms with E-state index in [0.29, 0.717) is 12.8 Å². The van der Waals surface area contributed by atoms with E-state index in [4.69, 9.17) is 11.5 Å². The summed E-state index contributed by atoms with van der Waals surface area (Å²) in [5.41, 5.74) is 10.8. The number of hydrogen-bond donors (Lipinski definition) is 4. The Hall–Kier alpha value is -1.42. The Morgan fingerprint density at radius 3 is 1.28 bits per heavy atom. The highest BCUT2D eigenvalue weighted by Crippen LogP contribution is 2.23. The summed E-state index contributed by atoms with van der Waals surface area (Å²) in [5, 5.41) is 5.36. The first-order chi connectivity index (χ1) is 15.3. The van der Waals surface area contributed by atoms with E-state index in [1.807, 2.05) is 0 Å². The minimum absolute atomic E-state index is 0.183. The van der Waals surface area contributed by atoms with Gasteiger partial charge in [-0.3, -0.25) is 19.2 Å². The average Bonchev–Trinajstić information content (AvgIpc) is 2.74. The molecule has 0 aliphatic rings. The molecule has 0 aromatic heterocycles. The molecule has 186 valence electrons. The predicted octanol–water partition coefficient (Wildman–Crippen LogP) is 3.03. The third kappa shape index (κ3) is 17.2. The van der Waals surface area contributed by atoms with Gasteiger partial charge in [-0.2, -0.15) is 0 Å². The van der Waals surface area contributed by atoms with Gasteiger partial charge in [0.05, 0.1) is 0 Å². The van der Waals surface area contributed by atoms with E-state index in [2.05, 4.69) is 24.5 Å². The largest absolute Gasteiger partial charge is 0.368 e. The van der Waals surface area contributed by atoms with E-state index in [-0.39, 0.29) is 23.3 Å². The molecule has 0 heterocycles. The summed E-state index contributed by atoms with van der Waals surface area (Å²) >= 11 is 0. The molecule has 32 heavy (non-hydrogen) atoms. The SMILES string of the molecule is CCCCCCCC(=O)N[C@@H](CSSC[C@H](NC(=O)CCCCCCC)C(N)=O)C(N)=O. The van der Waals surface area contributed by atoms with Crippen molar-refractivity contribution in [2.24, 2.45) is 11.5 Å². The summed E-state index contributed by atoms with van der Waals surface area (Å²) in [7, 11) is 2.62. The number of nitrogens with two attached hydrogens (primary N) is 2. The van der Waals surface area contributed by atoms with Crippen LogP contribution in [0.4, 0.5) is 0 Å². The van der Waals surface area contributed by atoms with Crippen LogP contribution in [0, 0.1) is 0 Å². The molecule has 0 aliphatic carbocycles. The fourth-order valence-electron chi connectivity index (χ4n) is 2.93. The number of carbonyl (C=O) groups is 4. The molecule has 0 saturated carbocycles. The van der Waals surface area contributed by atoms with Crippen LogP contribution in [0.3, 0.4) is 0 Å². The van der Waals surface area contributed by atoms with Gasteiger partial charge >= 0.3 is 0 Å². The number of nitrogens with one attached hydrogen (secondary N) is 2. The zero-order valence-corrected chi connectivity index (χ0v) is 21.3. The van der Waals surface area contributed by atoms with Crippen LogP contribution in [-0.2, 0) is 19.2 Å². The Bertz CT molecular complexity index is 516. The molecule has 0 radical (unpaired) electrons. The van der Waals surface area contributed by atoms with Crippen LogP contribution in [0.15, 0.2) is 0 Å². The van der Waals surface area contributed by atoms with Crippen LogP contribution < -0.4 is 22.1 Å². The van der Waals surface area contributed by atoms with Crippen LogP contribution >= 0.6 is 21.6 Å². The third-order valence-corrected chi connectivity index (χ3v) is 7.35. The summed E-state index contributed by atoms with van der Waals surface area (Å²) in [4.78, 5) is 47.4. The first kappa shape index (κ1) is 30.6. The molecule has 10 heteroatoms. The molecule has 0 aliphatic heterocycles.